The lowest BCUT2D eigenvalue weighted by Gasteiger charge is -2.16. The van der Waals surface area contributed by atoms with Gasteiger partial charge in [-0.15, -0.1) is 11.6 Å². The minimum atomic E-state index is -0.951. The first kappa shape index (κ1) is 15.5. The van der Waals surface area contributed by atoms with E-state index in [1.807, 2.05) is 0 Å². The minimum Gasteiger partial charge on any atom is -0.495 e. The van der Waals surface area contributed by atoms with Gasteiger partial charge in [0.15, 0.2) is 11.6 Å². The molecule has 0 fully saturated rings. The van der Waals surface area contributed by atoms with Crippen LogP contribution in [0.2, 0.25) is 5.02 Å². The number of benzene rings is 2. The van der Waals surface area contributed by atoms with E-state index < -0.39 is 17.0 Å². The molecule has 0 saturated carbocycles. The number of rotatable bonds is 3. The van der Waals surface area contributed by atoms with E-state index in [0.717, 1.165) is 12.1 Å². The highest BCUT2D eigenvalue weighted by atomic mass is 79.9. The van der Waals surface area contributed by atoms with Crippen molar-refractivity contribution in [1.29, 1.82) is 0 Å². The molecule has 1 unspecified atom stereocenters. The Morgan fingerprint density at radius 2 is 1.85 bits per heavy atom. The largest absolute Gasteiger partial charge is 0.495 e. The lowest BCUT2D eigenvalue weighted by Crippen LogP contribution is -2.00. The van der Waals surface area contributed by atoms with Crippen LogP contribution in [0.15, 0.2) is 34.8 Å². The molecule has 106 valence electrons. The van der Waals surface area contributed by atoms with Gasteiger partial charge in [-0.2, -0.15) is 0 Å². The number of alkyl halides is 1. The van der Waals surface area contributed by atoms with Crippen LogP contribution in [0.3, 0.4) is 0 Å². The summed E-state index contributed by atoms with van der Waals surface area (Å²) < 4.78 is 32.2. The predicted octanol–water partition coefficient (Wildman–Crippen LogP) is 5.72. The first-order valence-corrected chi connectivity index (χ1v) is 7.16. The Bertz CT molecular complexity index is 649. The van der Waals surface area contributed by atoms with E-state index in [1.54, 1.807) is 12.1 Å². The highest BCUT2D eigenvalue weighted by molar-refractivity contribution is 9.10. The molecule has 6 heteroatoms. The molecule has 1 nitrogen and oxygen atoms in total. The molecule has 0 aliphatic carbocycles. The van der Waals surface area contributed by atoms with E-state index in [4.69, 9.17) is 27.9 Å². The summed E-state index contributed by atoms with van der Waals surface area (Å²) in [5.41, 5.74) is 0.984. The second-order valence-corrected chi connectivity index (χ2v) is 5.77. The van der Waals surface area contributed by atoms with Crippen molar-refractivity contribution in [2.75, 3.05) is 7.11 Å². The van der Waals surface area contributed by atoms with Gasteiger partial charge < -0.3 is 4.74 Å². The van der Waals surface area contributed by atoms with Gasteiger partial charge in [0.05, 0.1) is 17.0 Å². The summed E-state index contributed by atoms with van der Waals surface area (Å²) >= 11 is 15.6. The van der Waals surface area contributed by atoms with Crippen molar-refractivity contribution in [3.8, 4) is 5.75 Å². The SMILES string of the molecule is COc1c(Br)cc(Cl)cc1C(Cl)c1ccc(F)c(F)c1. The fraction of sp³-hybridized carbons (Fsp3) is 0.143. The Morgan fingerprint density at radius 3 is 2.45 bits per heavy atom. The third-order valence-electron chi connectivity index (χ3n) is 2.75. The van der Waals surface area contributed by atoms with E-state index in [1.165, 1.54) is 13.2 Å². The second kappa shape index (κ2) is 6.29. The average Bonchev–Trinajstić information content (AvgIpc) is 2.40. The van der Waals surface area contributed by atoms with Crippen molar-refractivity contribution >= 4 is 39.1 Å². The maximum Gasteiger partial charge on any atom is 0.159 e. The van der Waals surface area contributed by atoms with Gasteiger partial charge in [-0.05, 0) is 45.8 Å². The molecule has 0 aliphatic rings. The third kappa shape index (κ3) is 3.08. The molecule has 0 N–H and O–H groups in total. The van der Waals surface area contributed by atoms with Gasteiger partial charge in [-0.3, -0.25) is 0 Å². The molecule has 0 radical (unpaired) electrons. The van der Waals surface area contributed by atoms with Gasteiger partial charge >= 0.3 is 0 Å². The molecule has 2 rings (SSSR count). The van der Waals surface area contributed by atoms with Crippen LogP contribution in [0.25, 0.3) is 0 Å². The monoisotopic (exact) mass is 380 g/mol. The van der Waals surface area contributed by atoms with Crippen LogP contribution < -0.4 is 4.74 Å². The highest BCUT2D eigenvalue weighted by Crippen LogP contribution is 2.41. The van der Waals surface area contributed by atoms with Crippen molar-refractivity contribution in [3.05, 3.63) is 62.6 Å². The van der Waals surface area contributed by atoms with Crippen molar-refractivity contribution in [3.63, 3.8) is 0 Å². The van der Waals surface area contributed by atoms with Crippen LogP contribution in [0.1, 0.15) is 16.5 Å². The van der Waals surface area contributed by atoms with Crippen LogP contribution in [0.4, 0.5) is 8.78 Å². The van der Waals surface area contributed by atoms with Gasteiger partial charge in [0, 0.05) is 10.6 Å². The number of hydrogen-bond donors (Lipinski definition) is 0. The molecule has 0 aromatic heterocycles. The van der Waals surface area contributed by atoms with Crippen LogP contribution in [0, 0.1) is 11.6 Å². The van der Waals surface area contributed by atoms with E-state index in [-0.39, 0.29) is 0 Å². The quantitative estimate of drug-likeness (QED) is 0.618. The van der Waals surface area contributed by atoms with Crippen LogP contribution >= 0.6 is 39.1 Å². The van der Waals surface area contributed by atoms with Gasteiger partial charge in [0.1, 0.15) is 5.75 Å². The van der Waals surface area contributed by atoms with E-state index in [0.29, 0.717) is 26.4 Å². The smallest absolute Gasteiger partial charge is 0.159 e. The Balaban J connectivity index is 2.52. The summed E-state index contributed by atoms with van der Waals surface area (Å²) in [5.74, 6) is -1.37. The fourth-order valence-corrected chi connectivity index (χ4v) is 3.13. The first-order chi connectivity index (χ1) is 9.43. The Morgan fingerprint density at radius 1 is 1.15 bits per heavy atom. The maximum absolute atomic E-state index is 13.3. The second-order valence-electron chi connectivity index (χ2n) is 4.05. The van der Waals surface area contributed by atoms with E-state index >= 15 is 0 Å². The molecule has 0 spiro atoms. The summed E-state index contributed by atoms with van der Waals surface area (Å²) in [7, 11) is 1.49. The van der Waals surface area contributed by atoms with Crippen molar-refractivity contribution in [2.24, 2.45) is 0 Å². The molecule has 0 bridgehead atoms. The fourth-order valence-electron chi connectivity index (χ4n) is 1.83. The molecule has 0 saturated heterocycles. The molecule has 0 amide bonds. The molecule has 2 aromatic carbocycles. The van der Waals surface area contributed by atoms with Crippen molar-refractivity contribution in [1.82, 2.24) is 0 Å². The lowest BCUT2D eigenvalue weighted by atomic mass is 10.0. The Labute approximate surface area is 133 Å². The van der Waals surface area contributed by atoms with Crippen LogP contribution in [-0.2, 0) is 0 Å². The van der Waals surface area contributed by atoms with E-state index in [2.05, 4.69) is 15.9 Å². The Hall–Kier alpha value is -0.840. The topological polar surface area (TPSA) is 9.23 Å². The minimum absolute atomic E-state index is 0.415. The molecule has 0 heterocycles. The zero-order valence-electron chi connectivity index (χ0n) is 10.3. The summed E-state index contributed by atoms with van der Waals surface area (Å²) in [5, 5.41) is -0.254. The summed E-state index contributed by atoms with van der Waals surface area (Å²) in [6.45, 7) is 0. The maximum atomic E-state index is 13.3. The third-order valence-corrected chi connectivity index (χ3v) is 4.04. The van der Waals surface area contributed by atoms with Crippen molar-refractivity contribution in [2.45, 2.75) is 5.38 Å². The molecule has 20 heavy (non-hydrogen) atoms. The molecule has 0 aliphatic heterocycles. The predicted molar refractivity (Wildman–Crippen MR) is 79.8 cm³/mol. The van der Waals surface area contributed by atoms with Gasteiger partial charge in [0.25, 0.3) is 0 Å². The lowest BCUT2D eigenvalue weighted by molar-refractivity contribution is 0.407. The number of ether oxygens (including phenoxy) is 1. The van der Waals surface area contributed by atoms with Gasteiger partial charge in [-0.25, -0.2) is 8.78 Å². The zero-order chi connectivity index (χ0) is 14.9. The molecule has 1 atom stereocenters. The normalized spacial score (nSPS) is 12.3. The zero-order valence-corrected chi connectivity index (χ0v) is 13.4. The molecular weight excluding hydrogens is 373 g/mol. The van der Waals surface area contributed by atoms with Crippen LogP contribution in [-0.4, -0.2) is 7.11 Å². The number of hydrogen-bond acceptors (Lipinski definition) is 1. The number of halogens is 5. The highest BCUT2D eigenvalue weighted by Gasteiger charge is 2.20. The molecule has 2 aromatic rings. The summed E-state index contributed by atoms with van der Waals surface area (Å²) in [6.07, 6.45) is 0. The average molecular weight is 382 g/mol. The summed E-state index contributed by atoms with van der Waals surface area (Å²) in [4.78, 5) is 0. The molecular formula is C14H9BrCl2F2O. The van der Waals surface area contributed by atoms with E-state index in [9.17, 15) is 8.78 Å². The van der Waals surface area contributed by atoms with Gasteiger partial charge in [-0.1, -0.05) is 17.7 Å². The van der Waals surface area contributed by atoms with Crippen molar-refractivity contribution < 1.29 is 13.5 Å². The van der Waals surface area contributed by atoms with Gasteiger partial charge in [0.2, 0.25) is 0 Å². The first-order valence-electron chi connectivity index (χ1n) is 5.56. The summed E-state index contributed by atoms with van der Waals surface area (Å²) in [6, 6.07) is 6.81. The standard InChI is InChI=1S/C14H9BrCl2F2O/c1-20-14-9(5-8(16)6-10(14)15)13(17)7-2-3-11(18)12(19)4-7/h2-6,13H,1H3. The number of methoxy groups -OCH3 is 1. The Kier molecular flexibility index (Phi) is 4.89. The van der Waals surface area contributed by atoms with Crippen LogP contribution in [0.5, 0.6) is 5.75 Å².